The molecule has 0 spiro atoms. The average molecular weight is 225 g/mol. The third-order valence-electron chi connectivity index (χ3n) is 1.92. The molecule has 0 saturated heterocycles. The fraction of sp³-hybridized carbons (Fsp3) is 0.364. The first-order valence-corrected chi connectivity index (χ1v) is 5.24. The largest absolute Gasteiger partial charge is 0.492 e. The Kier molecular flexibility index (Phi) is 4.44. The molecule has 0 amide bonds. The molecule has 0 aliphatic rings. The van der Waals surface area contributed by atoms with Gasteiger partial charge in [0.05, 0.1) is 6.61 Å². The van der Waals surface area contributed by atoms with Crippen LogP contribution in [0, 0.1) is 23.1 Å². The second-order valence-corrected chi connectivity index (χ2v) is 3.69. The van der Waals surface area contributed by atoms with Gasteiger partial charge in [-0.3, -0.25) is 0 Å². The van der Waals surface area contributed by atoms with E-state index in [9.17, 15) is 4.39 Å². The third-order valence-corrected chi connectivity index (χ3v) is 2.55. The van der Waals surface area contributed by atoms with E-state index in [0.29, 0.717) is 18.1 Å². The molecule has 0 aromatic heterocycles. The Bertz CT molecular complexity index is 375. The van der Waals surface area contributed by atoms with Gasteiger partial charge in [-0.2, -0.15) is 17.9 Å². The van der Waals surface area contributed by atoms with Gasteiger partial charge in [0.2, 0.25) is 0 Å². The van der Waals surface area contributed by atoms with Crippen LogP contribution >= 0.6 is 12.6 Å². The zero-order chi connectivity index (χ0) is 11.3. The van der Waals surface area contributed by atoms with Crippen LogP contribution < -0.4 is 4.74 Å². The lowest BCUT2D eigenvalue weighted by atomic mass is 10.2. The predicted molar refractivity (Wildman–Crippen MR) is 59.6 cm³/mol. The molecule has 1 rings (SSSR count). The second kappa shape index (κ2) is 5.62. The van der Waals surface area contributed by atoms with Gasteiger partial charge in [-0.1, -0.05) is 13.0 Å². The monoisotopic (exact) mass is 225 g/mol. The van der Waals surface area contributed by atoms with Crippen LogP contribution in [-0.2, 0) is 0 Å². The van der Waals surface area contributed by atoms with Gasteiger partial charge in [0, 0.05) is 0 Å². The number of hydrogen-bond donors (Lipinski definition) is 1. The molecule has 0 aliphatic carbocycles. The van der Waals surface area contributed by atoms with Gasteiger partial charge in [-0.15, -0.1) is 0 Å². The molecule has 0 radical (unpaired) electrons. The molecule has 1 atom stereocenters. The van der Waals surface area contributed by atoms with Crippen molar-refractivity contribution in [3.63, 3.8) is 0 Å². The van der Waals surface area contributed by atoms with Crippen LogP contribution in [-0.4, -0.2) is 12.4 Å². The summed E-state index contributed by atoms with van der Waals surface area (Å²) in [6.07, 6.45) is 0. The van der Waals surface area contributed by atoms with Crippen LogP contribution in [0.4, 0.5) is 4.39 Å². The van der Waals surface area contributed by atoms with Crippen LogP contribution in [0.2, 0.25) is 0 Å². The topological polar surface area (TPSA) is 33.0 Å². The Labute approximate surface area is 94.1 Å². The predicted octanol–water partition coefficient (Wildman–Crippen LogP) is 2.64. The highest BCUT2D eigenvalue weighted by Crippen LogP contribution is 2.20. The third kappa shape index (κ3) is 3.14. The van der Waals surface area contributed by atoms with Gasteiger partial charge in [0.1, 0.15) is 23.2 Å². The Hall–Kier alpha value is -1.21. The van der Waals surface area contributed by atoms with Crippen molar-refractivity contribution >= 4 is 12.6 Å². The lowest BCUT2D eigenvalue weighted by Gasteiger charge is -2.11. The zero-order valence-corrected chi connectivity index (χ0v) is 9.30. The number of thiol groups is 1. The molecule has 80 valence electrons. The molecule has 0 aliphatic heterocycles. The normalized spacial score (nSPS) is 11.9. The summed E-state index contributed by atoms with van der Waals surface area (Å²) in [7, 11) is 0. The van der Waals surface area contributed by atoms with Gasteiger partial charge in [0.15, 0.2) is 0 Å². The van der Waals surface area contributed by atoms with Crippen molar-refractivity contribution in [2.75, 3.05) is 12.4 Å². The molecule has 1 aromatic carbocycles. The van der Waals surface area contributed by atoms with Crippen molar-refractivity contribution in [2.45, 2.75) is 6.92 Å². The molecule has 15 heavy (non-hydrogen) atoms. The van der Waals surface area contributed by atoms with Crippen LogP contribution in [0.3, 0.4) is 0 Å². The van der Waals surface area contributed by atoms with Crippen molar-refractivity contribution in [2.24, 2.45) is 5.92 Å². The summed E-state index contributed by atoms with van der Waals surface area (Å²) < 4.78 is 18.5. The van der Waals surface area contributed by atoms with Gasteiger partial charge in [-0.05, 0) is 23.8 Å². The Balaban J connectivity index is 2.77. The number of benzene rings is 1. The summed E-state index contributed by atoms with van der Waals surface area (Å²) in [6, 6.07) is 6.14. The second-order valence-electron chi connectivity index (χ2n) is 3.32. The summed E-state index contributed by atoms with van der Waals surface area (Å²) in [5, 5.41) is 8.74. The van der Waals surface area contributed by atoms with Gasteiger partial charge >= 0.3 is 0 Å². The standard InChI is InChI=1S/C11H12FNOS/c1-8(7-15)6-14-11-4-2-3-10(12)9(11)5-13/h2-4,8,15H,6-7H2,1H3. The number of ether oxygens (including phenoxy) is 1. The first-order chi connectivity index (χ1) is 7.19. The van der Waals surface area contributed by atoms with Crippen LogP contribution in [0.1, 0.15) is 12.5 Å². The summed E-state index contributed by atoms with van der Waals surface area (Å²) in [4.78, 5) is 0. The Morgan fingerprint density at radius 2 is 2.33 bits per heavy atom. The molecule has 0 saturated carbocycles. The smallest absolute Gasteiger partial charge is 0.144 e. The van der Waals surface area contributed by atoms with Crippen LogP contribution in [0.15, 0.2) is 18.2 Å². The SMILES string of the molecule is CC(CS)COc1cccc(F)c1C#N. The molecule has 2 nitrogen and oxygen atoms in total. The Morgan fingerprint density at radius 1 is 1.60 bits per heavy atom. The highest BCUT2D eigenvalue weighted by Gasteiger charge is 2.09. The van der Waals surface area contributed by atoms with Gasteiger partial charge < -0.3 is 4.74 Å². The minimum Gasteiger partial charge on any atom is -0.492 e. The molecule has 4 heteroatoms. The average Bonchev–Trinajstić information content (AvgIpc) is 2.25. The number of halogens is 1. The quantitative estimate of drug-likeness (QED) is 0.799. The van der Waals surface area contributed by atoms with Crippen molar-refractivity contribution in [1.29, 1.82) is 5.26 Å². The first kappa shape index (κ1) is 11.9. The van der Waals surface area contributed by atoms with Gasteiger partial charge in [0.25, 0.3) is 0 Å². The van der Waals surface area contributed by atoms with E-state index >= 15 is 0 Å². The van der Waals surface area contributed by atoms with Crippen molar-refractivity contribution in [3.05, 3.63) is 29.6 Å². The minimum absolute atomic E-state index is 0.0381. The summed E-state index contributed by atoms with van der Waals surface area (Å²) >= 11 is 4.11. The summed E-state index contributed by atoms with van der Waals surface area (Å²) in [5.41, 5.74) is -0.0381. The summed E-state index contributed by atoms with van der Waals surface area (Å²) in [5.74, 6) is 0.708. The van der Waals surface area contributed by atoms with E-state index < -0.39 is 5.82 Å². The van der Waals surface area contributed by atoms with E-state index in [1.54, 1.807) is 12.1 Å². The van der Waals surface area contributed by atoms with Crippen molar-refractivity contribution in [3.8, 4) is 11.8 Å². The lowest BCUT2D eigenvalue weighted by molar-refractivity contribution is 0.271. The highest BCUT2D eigenvalue weighted by atomic mass is 32.1. The summed E-state index contributed by atoms with van der Waals surface area (Å²) in [6.45, 7) is 2.40. The molecular formula is C11H12FNOS. The molecule has 0 fully saturated rings. The molecule has 0 bridgehead atoms. The lowest BCUT2D eigenvalue weighted by Crippen LogP contribution is -2.10. The fourth-order valence-corrected chi connectivity index (χ4v) is 1.12. The maximum absolute atomic E-state index is 13.1. The fourth-order valence-electron chi connectivity index (χ4n) is 1.02. The first-order valence-electron chi connectivity index (χ1n) is 4.61. The number of hydrogen-bond acceptors (Lipinski definition) is 3. The van der Waals surface area contributed by atoms with E-state index in [1.807, 2.05) is 6.92 Å². The molecule has 0 heterocycles. The van der Waals surface area contributed by atoms with Gasteiger partial charge in [-0.25, -0.2) is 4.39 Å². The minimum atomic E-state index is -0.548. The van der Waals surface area contributed by atoms with E-state index in [4.69, 9.17) is 10.00 Å². The highest BCUT2D eigenvalue weighted by molar-refractivity contribution is 7.80. The van der Waals surface area contributed by atoms with Crippen molar-refractivity contribution < 1.29 is 9.13 Å². The zero-order valence-electron chi connectivity index (χ0n) is 8.40. The van der Waals surface area contributed by atoms with Crippen LogP contribution in [0.25, 0.3) is 0 Å². The molecular weight excluding hydrogens is 213 g/mol. The van der Waals surface area contributed by atoms with Crippen LogP contribution in [0.5, 0.6) is 5.75 Å². The molecule has 1 unspecified atom stereocenters. The molecule has 0 N–H and O–H groups in total. The number of rotatable bonds is 4. The maximum Gasteiger partial charge on any atom is 0.144 e. The number of nitrogens with zero attached hydrogens (tertiary/aromatic N) is 1. The maximum atomic E-state index is 13.1. The van der Waals surface area contributed by atoms with E-state index in [1.165, 1.54) is 12.1 Å². The Morgan fingerprint density at radius 3 is 2.93 bits per heavy atom. The van der Waals surface area contributed by atoms with E-state index in [0.717, 1.165) is 0 Å². The van der Waals surface area contributed by atoms with Crippen molar-refractivity contribution in [1.82, 2.24) is 0 Å². The molecule has 1 aromatic rings. The van der Waals surface area contributed by atoms with E-state index in [2.05, 4.69) is 12.6 Å². The number of nitriles is 1. The van der Waals surface area contributed by atoms with E-state index in [-0.39, 0.29) is 11.5 Å².